The third kappa shape index (κ3) is 12.8. The average Bonchev–Trinajstić information content (AvgIpc) is 3.06. The summed E-state index contributed by atoms with van der Waals surface area (Å²) in [6.45, 7) is 6.46. The highest BCUT2D eigenvalue weighted by molar-refractivity contribution is 6.27. The van der Waals surface area contributed by atoms with Crippen LogP contribution in [-0.2, 0) is 22.2 Å². The summed E-state index contributed by atoms with van der Waals surface area (Å²) in [6, 6.07) is 17.6. The van der Waals surface area contributed by atoms with Crippen LogP contribution in [0.3, 0.4) is 0 Å². The van der Waals surface area contributed by atoms with E-state index in [1.54, 1.807) is 32.4 Å². The van der Waals surface area contributed by atoms with Crippen LogP contribution in [0.25, 0.3) is 0 Å². The molecule has 0 spiro atoms. The Bertz CT molecular complexity index is 1480. The second kappa shape index (κ2) is 19.1. The van der Waals surface area contributed by atoms with Gasteiger partial charge in [0.1, 0.15) is 5.75 Å². The lowest BCUT2D eigenvalue weighted by Crippen LogP contribution is -2.33. The summed E-state index contributed by atoms with van der Waals surface area (Å²) in [5.41, 5.74) is 0.807. The van der Waals surface area contributed by atoms with Crippen molar-refractivity contribution in [3.63, 3.8) is 0 Å². The Morgan fingerprint density at radius 3 is 2.04 bits per heavy atom. The fraction of sp³-hybridized carbons (Fsp3) is 0.400. The van der Waals surface area contributed by atoms with Gasteiger partial charge in [0.25, 0.3) is 5.91 Å². The molecule has 3 aromatic carbocycles. The zero-order valence-electron chi connectivity index (χ0n) is 27.8. The Labute approximate surface area is 278 Å². The van der Waals surface area contributed by atoms with Crippen LogP contribution in [-0.4, -0.2) is 80.5 Å². The lowest BCUT2D eigenvalue weighted by molar-refractivity contribution is -0.159. The van der Waals surface area contributed by atoms with E-state index in [-0.39, 0.29) is 11.5 Å². The van der Waals surface area contributed by atoms with Gasteiger partial charge in [-0.2, -0.15) is 13.2 Å². The van der Waals surface area contributed by atoms with E-state index in [1.165, 1.54) is 17.0 Å². The first kappa shape index (κ1) is 39.4. The van der Waals surface area contributed by atoms with Crippen LogP contribution in [0.4, 0.5) is 18.9 Å². The molecule has 0 saturated carbocycles. The standard InChI is InChI=1S/C33H41F3N2O4.C2H2O4/c1-24(2)23-42-29-14-7-6-13-28(29)38(32(39)26-11-10-12-27(22-26)33(34,35)36)19-9-8-18-37(3)20-17-25-15-16-30(40-4)31(21-25)41-5;3-1(4)2(5)6/h6-7,10-16,21-22,24H,8-9,17-20,23H2,1-5H3;(H,3,4)(H,5,6). The van der Waals surface area contributed by atoms with Crippen molar-refractivity contribution in [3.8, 4) is 17.2 Å². The molecule has 0 radical (unpaired) electrons. The summed E-state index contributed by atoms with van der Waals surface area (Å²) in [7, 11) is 5.27. The lowest BCUT2D eigenvalue weighted by Gasteiger charge is -2.26. The first-order valence-corrected chi connectivity index (χ1v) is 15.2. The van der Waals surface area contributed by atoms with Gasteiger partial charge in [-0.1, -0.05) is 38.1 Å². The first-order valence-electron chi connectivity index (χ1n) is 15.2. The maximum Gasteiger partial charge on any atom is 0.416 e. The van der Waals surface area contributed by atoms with Gasteiger partial charge >= 0.3 is 18.1 Å². The summed E-state index contributed by atoms with van der Waals surface area (Å²) >= 11 is 0. The zero-order chi connectivity index (χ0) is 35.9. The molecule has 48 heavy (non-hydrogen) atoms. The van der Waals surface area contributed by atoms with Crippen LogP contribution < -0.4 is 19.1 Å². The first-order chi connectivity index (χ1) is 22.7. The van der Waals surface area contributed by atoms with E-state index in [1.807, 2.05) is 45.2 Å². The van der Waals surface area contributed by atoms with E-state index < -0.39 is 29.6 Å². The monoisotopic (exact) mass is 676 g/mol. The molecule has 0 aliphatic carbocycles. The van der Waals surface area contributed by atoms with Crippen LogP contribution >= 0.6 is 0 Å². The number of ether oxygens (including phenoxy) is 3. The summed E-state index contributed by atoms with van der Waals surface area (Å²) in [6.07, 6.45) is -2.26. The van der Waals surface area contributed by atoms with Crippen molar-refractivity contribution in [2.75, 3.05) is 52.4 Å². The molecular formula is C35H43F3N2O8. The van der Waals surface area contributed by atoms with E-state index in [0.29, 0.717) is 42.5 Å². The molecule has 0 aliphatic heterocycles. The number of halogens is 3. The van der Waals surface area contributed by atoms with Crippen molar-refractivity contribution in [1.82, 2.24) is 4.90 Å². The molecule has 1 amide bonds. The zero-order valence-corrected chi connectivity index (χ0v) is 27.8. The Morgan fingerprint density at radius 1 is 0.792 bits per heavy atom. The SMILES string of the molecule is COc1ccc(CCN(C)CCCCN(C(=O)c2cccc(C(F)(F)F)c2)c2ccccc2OCC(C)C)cc1OC.O=C(O)C(=O)O. The lowest BCUT2D eigenvalue weighted by atomic mass is 10.1. The number of alkyl halides is 3. The van der Waals surface area contributed by atoms with E-state index in [0.717, 1.165) is 43.6 Å². The number of carboxylic acid groups (broad SMARTS) is 2. The number of hydrogen-bond donors (Lipinski definition) is 2. The predicted octanol–water partition coefficient (Wildman–Crippen LogP) is 6.51. The molecule has 0 unspecified atom stereocenters. The Hall–Kier alpha value is -4.78. The number of para-hydroxylation sites is 2. The number of amides is 1. The van der Waals surface area contributed by atoms with Crippen molar-refractivity contribution in [2.24, 2.45) is 5.92 Å². The van der Waals surface area contributed by atoms with Crippen molar-refractivity contribution in [2.45, 2.75) is 39.3 Å². The molecule has 13 heteroatoms. The normalized spacial score (nSPS) is 11.0. The van der Waals surface area contributed by atoms with Crippen LogP contribution in [0.2, 0.25) is 0 Å². The fourth-order valence-corrected chi connectivity index (χ4v) is 4.49. The minimum absolute atomic E-state index is 0.0180. The van der Waals surface area contributed by atoms with Gasteiger partial charge in [-0.05, 0) is 86.8 Å². The number of hydrogen-bond acceptors (Lipinski definition) is 7. The Morgan fingerprint density at radius 2 is 1.44 bits per heavy atom. The molecular weight excluding hydrogens is 633 g/mol. The van der Waals surface area contributed by atoms with Crippen molar-refractivity contribution < 1.29 is 52.0 Å². The average molecular weight is 677 g/mol. The molecule has 2 N–H and O–H groups in total. The second-order valence-corrected chi connectivity index (χ2v) is 11.3. The van der Waals surface area contributed by atoms with Gasteiger partial charge in [0.05, 0.1) is 32.1 Å². The number of carbonyl (C=O) groups excluding carboxylic acids is 1. The summed E-state index contributed by atoms with van der Waals surface area (Å²) in [5.74, 6) is -1.97. The smallest absolute Gasteiger partial charge is 0.416 e. The van der Waals surface area contributed by atoms with Crippen molar-refractivity contribution in [1.29, 1.82) is 0 Å². The topological polar surface area (TPSA) is 126 Å². The fourth-order valence-electron chi connectivity index (χ4n) is 4.49. The number of nitrogens with zero attached hydrogens (tertiary/aromatic N) is 2. The molecule has 262 valence electrons. The highest BCUT2D eigenvalue weighted by Gasteiger charge is 2.31. The molecule has 0 bridgehead atoms. The molecule has 3 aromatic rings. The van der Waals surface area contributed by atoms with Gasteiger partial charge in [-0.15, -0.1) is 0 Å². The third-order valence-electron chi connectivity index (χ3n) is 6.99. The van der Waals surface area contributed by atoms with Gasteiger partial charge < -0.3 is 34.2 Å². The maximum absolute atomic E-state index is 13.7. The molecule has 10 nitrogen and oxygen atoms in total. The van der Waals surface area contributed by atoms with Gasteiger partial charge in [-0.25, -0.2) is 9.59 Å². The Balaban J connectivity index is 0.00000122. The number of rotatable bonds is 15. The van der Waals surface area contributed by atoms with Crippen LogP contribution in [0.5, 0.6) is 17.2 Å². The molecule has 0 fully saturated rings. The van der Waals surface area contributed by atoms with Crippen molar-refractivity contribution in [3.05, 3.63) is 83.4 Å². The van der Waals surface area contributed by atoms with Gasteiger partial charge in [0, 0.05) is 18.7 Å². The molecule has 0 aromatic heterocycles. The van der Waals surface area contributed by atoms with E-state index in [4.69, 9.17) is 34.0 Å². The van der Waals surface area contributed by atoms with Crippen molar-refractivity contribution >= 4 is 23.5 Å². The number of aliphatic carboxylic acids is 2. The third-order valence-corrected chi connectivity index (χ3v) is 6.99. The number of methoxy groups -OCH3 is 2. The van der Waals surface area contributed by atoms with Gasteiger partial charge in [0.15, 0.2) is 11.5 Å². The van der Waals surface area contributed by atoms with Gasteiger partial charge in [-0.3, -0.25) is 4.79 Å². The van der Waals surface area contributed by atoms with Crippen LogP contribution in [0.1, 0.15) is 48.2 Å². The summed E-state index contributed by atoms with van der Waals surface area (Å²) < 4.78 is 56.9. The second-order valence-electron chi connectivity index (χ2n) is 11.3. The van der Waals surface area contributed by atoms with Gasteiger partial charge in [0.2, 0.25) is 0 Å². The van der Waals surface area contributed by atoms with Crippen LogP contribution in [0, 0.1) is 5.92 Å². The maximum atomic E-state index is 13.7. The number of likely N-dealkylation sites (N-methyl/N-ethyl adjacent to an activating group) is 1. The molecule has 0 atom stereocenters. The largest absolute Gasteiger partial charge is 0.493 e. The van der Waals surface area contributed by atoms with E-state index in [9.17, 15) is 18.0 Å². The highest BCUT2D eigenvalue weighted by atomic mass is 19.4. The number of anilines is 1. The molecule has 0 saturated heterocycles. The molecule has 0 aliphatic rings. The number of benzene rings is 3. The number of carboxylic acids is 2. The summed E-state index contributed by atoms with van der Waals surface area (Å²) in [4.78, 5) is 35.6. The number of carbonyl (C=O) groups is 3. The predicted molar refractivity (Wildman–Crippen MR) is 175 cm³/mol. The molecule has 3 rings (SSSR count). The highest BCUT2D eigenvalue weighted by Crippen LogP contribution is 2.33. The Kier molecular flexibility index (Phi) is 15.7. The quantitative estimate of drug-likeness (QED) is 0.137. The summed E-state index contributed by atoms with van der Waals surface area (Å²) in [5, 5.41) is 14.8. The van der Waals surface area contributed by atoms with Crippen LogP contribution in [0.15, 0.2) is 66.7 Å². The van der Waals surface area contributed by atoms with E-state index >= 15 is 0 Å². The number of unbranched alkanes of at least 4 members (excludes halogenated alkanes) is 1. The minimum Gasteiger partial charge on any atom is -0.493 e. The molecule has 0 heterocycles. The van der Waals surface area contributed by atoms with E-state index in [2.05, 4.69) is 4.90 Å². The minimum atomic E-state index is -4.54.